The van der Waals surface area contributed by atoms with Crippen LogP contribution >= 0.6 is 0 Å². The molecule has 1 aliphatic rings. The van der Waals surface area contributed by atoms with Gasteiger partial charge in [0.2, 0.25) is 5.91 Å². The number of hydrogen-bond donors (Lipinski definition) is 2. The van der Waals surface area contributed by atoms with Crippen molar-refractivity contribution in [1.29, 1.82) is 0 Å². The van der Waals surface area contributed by atoms with E-state index in [2.05, 4.69) is 35.3 Å². The molecule has 0 bridgehead atoms. The first kappa shape index (κ1) is 14.1. The van der Waals surface area contributed by atoms with Gasteiger partial charge < -0.3 is 10.7 Å². The number of rotatable bonds is 2. The quantitative estimate of drug-likeness (QED) is 0.493. The van der Waals surface area contributed by atoms with Crippen LogP contribution in [-0.2, 0) is 6.42 Å². The number of para-hydroxylation sites is 1. The van der Waals surface area contributed by atoms with E-state index in [-0.39, 0.29) is 5.91 Å². The summed E-state index contributed by atoms with van der Waals surface area (Å²) in [6, 6.07) is 22.6. The first-order valence-electron chi connectivity index (χ1n) is 8.34. The van der Waals surface area contributed by atoms with E-state index in [1.165, 1.54) is 16.5 Å². The Morgan fingerprint density at radius 3 is 2.56 bits per heavy atom. The minimum Gasteiger partial charge on any atom is -0.366 e. The van der Waals surface area contributed by atoms with Gasteiger partial charge in [0.1, 0.15) is 0 Å². The molecular formula is C22H16N2O. The van der Waals surface area contributed by atoms with Crippen LogP contribution in [0.1, 0.15) is 21.5 Å². The van der Waals surface area contributed by atoms with Crippen LogP contribution in [0.3, 0.4) is 0 Å². The number of hydrogen-bond acceptors (Lipinski definition) is 1. The van der Waals surface area contributed by atoms with Crippen molar-refractivity contribution in [2.45, 2.75) is 6.42 Å². The highest BCUT2D eigenvalue weighted by Gasteiger charge is 2.26. The van der Waals surface area contributed by atoms with Gasteiger partial charge in [0.15, 0.2) is 0 Å². The molecule has 3 aromatic carbocycles. The van der Waals surface area contributed by atoms with Crippen molar-refractivity contribution in [3.63, 3.8) is 0 Å². The van der Waals surface area contributed by atoms with Crippen molar-refractivity contribution < 1.29 is 4.79 Å². The molecule has 3 nitrogen and oxygen atoms in total. The van der Waals surface area contributed by atoms with E-state index in [0.29, 0.717) is 5.56 Å². The summed E-state index contributed by atoms with van der Waals surface area (Å²) in [5, 5.41) is 1.18. The molecule has 0 unspecified atom stereocenters. The number of aromatic nitrogens is 1. The van der Waals surface area contributed by atoms with Crippen molar-refractivity contribution in [3.8, 4) is 22.4 Å². The van der Waals surface area contributed by atoms with Crippen LogP contribution in [0.4, 0.5) is 0 Å². The largest absolute Gasteiger partial charge is 0.366 e. The summed E-state index contributed by atoms with van der Waals surface area (Å²) in [5.74, 6) is -0.368. The average molecular weight is 324 g/mol. The third kappa shape index (κ3) is 2.02. The molecule has 0 fully saturated rings. The number of primary amides is 1. The standard InChI is InChI=1S/C22H16N2O/c23-22(25)16-9-10-17(20-12-14-6-2-4-8-19(14)24-20)21-15-7-3-1-5-13(15)11-18(16)21/h1-10,12,24H,11H2,(H2,23,25). The van der Waals surface area contributed by atoms with Crippen LogP contribution in [0.15, 0.2) is 66.7 Å². The predicted molar refractivity (Wildman–Crippen MR) is 100 cm³/mol. The lowest BCUT2D eigenvalue weighted by Crippen LogP contribution is -2.13. The lowest BCUT2D eigenvalue weighted by atomic mass is 9.93. The van der Waals surface area contributed by atoms with Crippen molar-refractivity contribution in [2.75, 3.05) is 0 Å². The van der Waals surface area contributed by atoms with Gasteiger partial charge in [0.25, 0.3) is 0 Å². The molecule has 3 N–H and O–H groups in total. The number of nitrogens with two attached hydrogens (primary N) is 1. The first-order valence-corrected chi connectivity index (χ1v) is 8.34. The lowest BCUT2D eigenvalue weighted by molar-refractivity contribution is 0.0999. The summed E-state index contributed by atoms with van der Waals surface area (Å²) in [5.41, 5.74) is 14.1. The molecule has 0 atom stereocenters. The van der Waals surface area contributed by atoms with Crippen molar-refractivity contribution >= 4 is 16.8 Å². The molecule has 0 saturated carbocycles. The first-order chi connectivity index (χ1) is 12.2. The van der Waals surface area contributed by atoms with Crippen molar-refractivity contribution in [1.82, 2.24) is 4.98 Å². The minimum absolute atomic E-state index is 0.368. The number of carbonyl (C=O) groups is 1. The summed E-state index contributed by atoms with van der Waals surface area (Å²) in [4.78, 5) is 15.4. The fraction of sp³-hybridized carbons (Fsp3) is 0.0455. The van der Waals surface area contributed by atoms with E-state index < -0.39 is 0 Å². The van der Waals surface area contributed by atoms with E-state index in [0.717, 1.165) is 34.3 Å². The Balaban J connectivity index is 1.82. The SMILES string of the molecule is NC(=O)c1ccc(-c2cc3ccccc3[nH]2)c2c1Cc1ccccc1-2. The van der Waals surface area contributed by atoms with Crippen LogP contribution in [0.5, 0.6) is 0 Å². The van der Waals surface area contributed by atoms with Gasteiger partial charge in [0.05, 0.1) is 0 Å². The number of H-pyrrole nitrogens is 1. The molecule has 0 saturated heterocycles. The fourth-order valence-electron chi connectivity index (χ4n) is 3.92. The van der Waals surface area contributed by atoms with Gasteiger partial charge in [-0.1, -0.05) is 48.5 Å². The van der Waals surface area contributed by atoms with Crippen molar-refractivity contribution in [2.24, 2.45) is 5.73 Å². The Labute approximate surface area is 145 Å². The zero-order valence-electron chi connectivity index (χ0n) is 13.5. The van der Waals surface area contributed by atoms with Gasteiger partial charge in [-0.3, -0.25) is 4.79 Å². The normalized spacial score (nSPS) is 12.2. The van der Waals surface area contributed by atoms with Gasteiger partial charge >= 0.3 is 0 Å². The molecule has 0 spiro atoms. The van der Waals surface area contributed by atoms with Gasteiger partial charge in [-0.15, -0.1) is 0 Å². The average Bonchev–Trinajstić information content (AvgIpc) is 3.22. The van der Waals surface area contributed by atoms with Crippen LogP contribution < -0.4 is 5.73 Å². The molecule has 1 aliphatic carbocycles. The molecule has 1 aromatic heterocycles. The van der Waals surface area contributed by atoms with Crippen LogP contribution in [0.25, 0.3) is 33.3 Å². The molecule has 3 heteroatoms. The summed E-state index contributed by atoms with van der Waals surface area (Å²) < 4.78 is 0. The van der Waals surface area contributed by atoms with E-state index in [9.17, 15) is 4.79 Å². The summed E-state index contributed by atoms with van der Waals surface area (Å²) in [7, 11) is 0. The number of amides is 1. The summed E-state index contributed by atoms with van der Waals surface area (Å²) in [6.45, 7) is 0. The number of benzene rings is 3. The monoisotopic (exact) mass is 324 g/mol. The van der Waals surface area contributed by atoms with Gasteiger partial charge in [-0.2, -0.15) is 0 Å². The highest BCUT2D eigenvalue weighted by Crippen LogP contribution is 2.44. The van der Waals surface area contributed by atoms with Crippen LogP contribution in [0.2, 0.25) is 0 Å². The van der Waals surface area contributed by atoms with Crippen molar-refractivity contribution in [3.05, 3.63) is 83.4 Å². The third-order valence-electron chi connectivity index (χ3n) is 5.05. The number of fused-ring (bicyclic) bond motifs is 4. The van der Waals surface area contributed by atoms with E-state index >= 15 is 0 Å². The Bertz CT molecular complexity index is 1120. The molecule has 1 heterocycles. The molecule has 25 heavy (non-hydrogen) atoms. The second-order valence-corrected chi connectivity index (χ2v) is 6.48. The van der Waals surface area contributed by atoms with Crippen LogP contribution in [-0.4, -0.2) is 10.9 Å². The Hall–Kier alpha value is -3.33. The number of carbonyl (C=O) groups excluding carboxylic acids is 1. The maximum absolute atomic E-state index is 11.9. The lowest BCUT2D eigenvalue weighted by Gasteiger charge is -2.11. The highest BCUT2D eigenvalue weighted by molar-refractivity contribution is 6.02. The predicted octanol–water partition coefficient (Wildman–Crippen LogP) is 4.51. The Morgan fingerprint density at radius 2 is 1.72 bits per heavy atom. The Morgan fingerprint density at radius 1 is 0.920 bits per heavy atom. The molecule has 1 amide bonds. The smallest absolute Gasteiger partial charge is 0.249 e. The second kappa shape index (κ2) is 5.08. The van der Waals surface area contributed by atoms with E-state index in [1.54, 1.807) is 0 Å². The molecule has 4 aromatic rings. The number of nitrogens with one attached hydrogen (secondary N) is 1. The Kier molecular flexibility index (Phi) is 2.86. The van der Waals surface area contributed by atoms with Gasteiger partial charge in [-0.25, -0.2) is 0 Å². The molecule has 5 rings (SSSR count). The second-order valence-electron chi connectivity index (χ2n) is 6.48. The van der Waals surface area contributed by atoms with E-state index in [4.69, 9.17) is 5.73 Å². The fourth-order valence-corrected chi connectivity index (χ4v) is 3.92. The maximum Gasteiger partial charge on any atom is 0.249 e. The molecule has 120 valence electrons. The highest BCUT2D eigenvalue weighted by atomic mass is 16.1. The molecule has 0 aliphatic heterocycles. The number of aromatic amines is 1. The topological polar surface area (TPSA) is 58.9 Å². The van der Waals surface area contributed by atoms with E-state index in [1.807, 2.05) is 36.4 Å². The van der Waals surface area contributed by atoms with Gasteiger partial charge in [-0.05, 0) is 46.9 Å². The van der Waals surface area contributed by atoms with Gasteiger partial charge in [0, 0.05) is 27.7 Å². The molecular weight excluding hydrogens is 308 g/mol. The summed E-state index contributed by atoms with van der Waals surface area (Å²) >= 11 is 0. The summed E-state index contributed by atoms with van der Waals surface area (Å²) in [6.07, 6.45) is 0.748. The minimum atomic E-state index is -0.368. The maximum atomic E-state index is 11.9. The molecule has 0 radical (unpaired) electrons. The zero-order chi connectivity index (χ0) is 17.0. The van der Waals surface area contributed by atoms with Crippen LogP contribution in [0, 0.1) is 0 Å². The zero-order valence-corrected chi connectivity index (χ0v) is 13.5. The third-order valence-corrected chi connectivity index (χ3v) is 5.05.